The lowest BCUT2D eigenvalue weighted by Crippen LogP contribution is -2.49. The average molecular weight is 376 g/mol. The Kier molecular flexibility index (Phi) is 7.83. The minimum absolute atomic E-state index is 0.160. The molecule has 1 saturated carbocycles. The number of nitrogens with one attached hydrogen (secondary N) is 1. The first-order chi connectivity index (χ1) is 13.2. The highest BCUT2D eigenvalue weighted by Gasteiger charge is 2.21. The third-order valence-electron chi connectivity index (χ3n) is 5.67. The number of nitrogens with zero attached hydrogens (tertiary/aromatic N) is 4. The van der Waals surface area contributed by atoms with Gasteiger partial charge in [-0.3, -0.25) is 9.69 Å². The van der Waals surface area contributed by atoms with Crippen molar-refractivity contribution in [3.63, 3.8) is 0 Å². The highest BCUT2D eigenvalue weighted by atomic mass is 16.5. The summed E-state index contributed by atoms with van der Waals surface area (Å²) in [7, 11) is 1.72. The van der Waals surface area contributed by atoms with Gasteiger partial charge in [0.25, 0.3) is 0 Å². The van der Waals surface area contributed by atoms with Crippen LogP contribution in [0, 0.1) is 5.92 Å². The monoisotopic (exact) mass is 375 g/mol. The maximum Gasteiger partial charge on any atom is 0.227 e. The summed E-state index contributed by atoms with van der Waals surface area (Å²) in [6, 6.07) is 0. The van der Waals surface area contributed by atoms with Crippen molar-refractivity contribution in [3.8, 4) is 0 Å². The molecular formula is C20H33N5O2. The molecule has 1 aromatic rings. The Morgan fingerprint density at radius 2 is 1.85 bits per heavy atom. The smallest absolute Gasteiger partial charge is 0.227 e. The second-order valence-electron chi connectivity index (χ2n) is 7.69. The molecule has 0 unspecified atom stereocenters. The molecule has 3 rings (SSSR count). The van der Waals surface area contributed by atoms with Crippen LogP contribution < -0.4 is 5.32 Å². The highest BCUT2D eigenvalue weighted by Crippen LogP contribution is 2.23. The first kappa shape index (κ1) is 20.0. The largest absolute Gasteiger partial charge is 0.383 e. The first-order valence-corrected chi connectivity index (χ1v) is 10.3. The zero-order chi connectivity index (χ0) is 18.9. The molecule has 7 heteroatoms. The molecule has 1 N–H and O–H groups in total. The van der Waals surface area contributed by atoms with Crippen molar-refractivity contribution in [3.05, 3.63) is 18.0 Å². The number of anilines is 1. The number of rotatable bonds is 8. The van der Waals surface area contributed by atoms with Gasteiger partial charge < -0.3 is 15.0 Å². The van der Waals surface area contributed by atoms with Crippen molar-refractivity contribution in [2.24, 2.45) is 5.92 Å². The molecule has 1 amide bonds. The van der Waals surface area contributed by atoms with Crippen LogP contribution in [0.25, 0.3) is 0 Å². The summed E-state index contributed by atoms with van der Waals surface area (Å²) < 4.78 is 5.12. The van der Waals surface area contributed by atoms with Crippen LogP contribution in [0.15, 0.2) is 12.4 Å². The summed E-state index contributed by atoms with van der Waals surface area (Å²) >= 11 is 0. The molecule has 2 heterocycles. The molecule has 0 spiro atoms. The van der Waals surface area contributed by atoms with Gasteiger partial charge in [-0.1, -0.05) is 19.3 Å². The van der Waals surface area contributed by atoms with Gasteiger partial charge in [0.2, 0.25) is 11.9 Å². The molecule has 150 valence electrons. The quantitative estimate of drug-likeness (QED) is 0.747. The zero-order valence-corrected chi connectivity index (χ0v) is 16.5. The second kappa shape index (κ2) is 10.6. The van der Waals surface area contributed by atoms with Crippen molar-refractivity contribution in [1.82, 2.24) is 19.8 Å². The van der Waals surface area contributed by atoms with E-state index in [1.807, 2.05) is 4.90 Å². The Morgan fingerprint density at radius 1 is 1.15 bits per heavy atom. The maximum atomic E-state index is 12.5. The molecule has 0 atom stereocenters. The predicted octanol–water partition coefficient (Wildman–Crippen LogP) is 1.80. The van der Waals surface area contributed by atoms with Gasteiger partial charge >= 0.3 is 0 Å². The molecule has 1 aromatic heterocycles. The van der Waals surface area contributed by atoms with Crippen LogP contribution in [0.2, 0.25) is 0 Å². The van der Waals surface area contributed by atoms with Crippen LogP contribution >= 0.6 is 0 Å². The Balaban J connectivity index is 1.39. The molecule has 0 bridgehead atoms. The predicted molar refractivity (Wildman–Crippen MR) is 106 cm³/mol. The topological polar surface area (TPSA) is 70.6 Å². The minimum Gasteiger partial charge on any atom is -0.383 e. The van der Waals surface area contributed by atoms with Gasteiger partial charge in [-0.2, -0.15) is 0 Å². The zero-order valence-electron chi connectivity index (χ0n) is 16.5. The molecule has 2 fully saturated rings. The van der Waals surface area contributed by atoms with Crippen LogP contribution in [0.1, 0.15) is 37.7 Å². The first-order valence-electron chi connectivity index (χ1n) is 10.3. The van der Waals surface area contributed by atoms with Gasteiger partial charge in [0.05, 0.1) is 13.0 Å². The molecule has 1 aliphatic carbocycles. The lowest BCUT2D eigenvalue weighted by Gasteiger charge is -2.34. The SMILES string of the molecule is COCCN1CCN(C(=O)Cc2cnc(NCC3CCCCC3)nc2)CC1. The van der Waals surface area contributed by atoms with Gasteiger partial charge in [0.15, 0.2) is 0 Å². The van der Waals surface area contributed by atoms with E-state index in [1.165, 1.54) is 32.1 Å². The average Bonchev–Trinajstić information content (AvgIpc) is 2.73. The summed E-state index contributed by atoms with van der Waals surface area (Å²) in [4.78, 5) is 25.6. The van der Waals surface area contributed by atoms with Crippen LogP contribution in [-0.4, -0.2) is 78.7 Å². The molecular weight excluding hydrogens is 342 g/mol. The van der Waals surface area contributed by atoms with E-state index in [1.54, 1.807) is 19.5 Å². The number of methoxy groups -OCH3 is 1. The standard InChI is InChI=1S/C20H33N5O2/c1-27-12-11-24-7-9-25(10-8-24)19(26)13-18-15-22-20(23-16-18)21-14-17-5-3-2-4-6-17/h15-17H,2-14H2,1H3,(H,21,22,23). The number of amides is 1. The molecule has 1 saturated heterocycles. The normalized spacial score (nSPS) is 19.2. The summed E-state index contributed by atoms with van der Waals surface area (Å²) in [6.07, 6.45) is 10.6. The maximum absolute atomic E-state index is 12.5. The summed E-state index contributed by atoms with van der Waals surface area (Å²) in [6.45, 7) is 6.01. The van der Waals surface area contributed by atoms with Crippen LogP contribution in [0.3, 0.4) is 0 Å². The third-order valence-corrected chi connectivity index (χ3v) is 5.67. The van der Waals surface area contributed by atoms with E-state index in [4.69, 9.17) is 4.74 Å². The van der Waals surface area contributed by atoms with Crippen molar-refractivity contribution >= 4 is 11.9 Å². The van der Waals surface area contributed by atoms with Gasteiger partial charge in [-0.15, -0.1) is 0 Å². The Bertz CT molecular complexity index is 566. The van der Waals surface area contributed by atoms with Crippen LogP contribution in [-0.2, 0) is 16.0 Å². The summed E-state index contributed by atoms with van der Waals surface area (Å²) in [5, 5.41) is 3.35. The fraction of sp³-hybridized carbons (Fsp3) is 0.750. The molecule has 27 heavy (non-hydrogen) atoms. The molecule has 7 nitrogen and oxygen atoms in total. The van der Waals surface area contributed by atoms with E-state index >= 15 is 0 Å². The van der Waals surface area contributed by atoms with Crippen molar-refractivity contribution in [2.45, 2.75) is 38.5 Å². The Hall–Kier alpha value is -1.73. The van der Waals surface area contributed by atoms with Crippen LogP contribution in [0.4, 0.5) is 5.95 Å². The lowest BCUT2D eigenvalue weighted by molar-refractivity contribution is -0.132. The lowest BCUT2D eigenvalue weighted by atomic mass is 9.89. The Morgan fingerprint density at radius 3 is 2.52 bits per heavy atom. The fourth-order valence-corrected chi connectivity index (χ4v) is 3.89. The second-order valence-corrected chi connectivity index (χ2v) is 7.69. The van der Waals surface area contributed by atoms with E-state index in [0.29, 0.717) is 12.4 Å². The number of hydrogen-bond acceptors (Lipinski definition) is 6. The molecule has 2 aliphatic rings. The number of piperazine rings is 1. The van der Waals surface area contributed by atoms with Gasteiger partial charge in [0.1, 0.15) is 0 Å². The van der Waals surface area contributed by atoms with Crippen molar-refractivity contribution < 1.29 is 9.53 Å². The number of aromatic nitrogens is 2. The van der Waals surface area contributed by atoms with E-state index in [0.717, 1.165) is 57.4 Å². The number of hydrogen-bond donors (Lipinski definition) is 1. The molecule has 0 radical (unpaired) electrons. The van der Waals surface area contributed by atoms with Crippen molar-refractivity contribution in [1.29, 1.82) is 0 Å². The van der Waals surface area contributed by atoms with E-state index < -0.39 is 0 Å². The Labute approximate surface area is 162 Å². The third kappa shape index (κ3) is 6.43. The molecule has 0 aromatic carbocycles. The van der Waals surface area contributed by atoms with Crippen LogP contribution in [0.5, 0.6) is 0 Å². The minimum atomic E-state index is 0.160. The highest BCUT2D eigenvalue weighted by molar-refractivity contribution is 5.78. The number of ether oxygens (including phenoxy) is 1. The van der Waals surface area contributed by atoms with Crippen molar-refractivity contribution in [2.75, 3.05) is 58.3 Å². The summed E-state index contributed by atoms with van der Waals surface area (Å²) in [5.41, 5.74) is 0.880. The summed E-state index contributed by atoms with van der Waals surface area (Å²) in [5.74, 6) is 1.57. The fourth-order valence-electron chi connectivity index (χ4n) is 3.89. The van der Waals surface area contributed by atoms with E-state index in [-0.39, 0.29) is 5.91 Å². The van der Waals surface area contributed by atoms with E-state index in [2.05, 4.69) is 20.2 Å². The van der Waals surface area contributed by atoms with Gasteiger partial charge in [-0.05, 0) is 24.3 Å². The van der Waals surface area contributed by atoms with Gasteiger partial charge in [0, 0.05) is 58.8 Å². The number of carbonyl (C=O) groups is 1. The number of carbonyl (C=O) groups excluding carboxylic acids is 1. The molecule has 1 aliphatic heterocycles. The van der Waals surface area contributed by atoms with Gasteiger partial charge in [-0.25, -0.2) is 9.97 Å². The van der Waals surface area contributed by atoms with E-state index in [9.17, 15) is 4.79 Å².